The van der Waals surface area contributed by atoms with Crippen LogP contribution in [0.2, 0.25) is 0 Å². The van der Waals surface area contributed by atoms with Crippen LogP contribution in [0.1, 0.15) is 38.8 Å². The van der Waals surface area contributed by atoms with Crippen LogP contribution in [0.15, 0.2) is 58.3 Å². The lowest BCUT2D eigenvalue weighted by Crippen LogP contribution is -2.51. The highest BCUT2D eigenvalue weighted by Crippen LogP contribution is 2.38. The van der Waals surface area contributed by atoms with Gasteiger partial charge >= 0.3 is 6.09 Å². The first-order chi connectivity index (χ1) is 14.8. The molecule has 31 heavy (non-hydrogen) atoms. The minimum absolute atomic E-state index is 0.240. The predicted octanol–water partition coefficient (Wildman–Crippen LogP) is 4.23. The van der Waals surface area contributed by atoms with Crippen molar-refractivity contribution >= 4 is 16.9 Å². The lowest BCUT2D eigenvalue weighted by atomic mass is 9.98. The van der Waals surface area contributed by atoms with E-state index in [-0.39, 0.29) is 12.1 Å². The molecular weight excluding hydrogens is 412 g/mol. The van der Waals surface area contributed by atoms with E-state index < -0.39 is 16.4 Å². The van der Waals surface area contributed by atoms with Gasteiger partial charge in [0.15, 0.2) is 0 Å². The Labute approximate surface area is 186 Å². The quantitative estimate of drug-likeness (QED) is 0.712. The van der Waals surface area contributed by atoms with Crippen LogP contribution in [-0.2, 0) is 15.5 Å². The number of fused-ring (bicyclic) bond motifs is 1. The van der Waals surface area contributed by atoms with Crippen LogP contribution in [0.5, 0.6) is 5.75 Å². The van der Waals surface area contributed by atoms with Crippen LogP contribution in [0.25, 0.3) is 0 Å². The monoisotopic (exact) mass is 442 g/mol. The van der Waals surface area contributed by atoms with E-state index >= 15 is 0 Å². The van der Waals surface area contributed by atoms with Gasteiger partial charge in [-0.05, 0) is 45.0 Å². The van der Waals surface area contributed by atoms with E-state index in [0.29, 0.717) is 19.7 Å². The summed E-state index contributed by atoms with van der Waals surface area (Å²) in [6.07, 6.45) is 0.660. The maximum atomic E-state index is 12.9. The molecule has 0 aliphatic carbocycles. The first kappa shape index (κ1) is 21.8. The molecule has 2 aromatic rings. The van der Waals surface area contributed by atoms with Crippen molar-refractivity contribution in [3.63, 3.8) is 0 Å². The molecule has 0 radical (unpaired) electrons. The molecule has 2 heterocycles. The molecule has 4 rings (SSSR count). The largest absolute Gasteiger partial charge is 0.493 e. The standard InChI is InChI=1S/C24H30N2O4S/c1-24(2,3)30-23(27)26-14-12-25(13-15-26)21-11-16-29-22-17-19(9-10-20(21)22)31(28)18-7-5-4-6-8-18/h4-10,17,21H,11-16H2,1-3H3. The van der Waals surface area contributed by atoms with E-state index in [0.717, 1.165) is 40.6 Å². The molecule has 2 aliphatic rings. The van der Waals surface area contributed by atoms with Gasteiger partial charge in [-0.3, -0.25) is 4.90 Å². The third-order valence-electron chi connectivity index (χ3n) is 5.57. The van der Waals surface area contributed by atoms with Crippen molar-refractivity contribution in [2.24, 2.45) is 0 Å². The fraction of sp³-hybridized carbons (Fsp3) is 0.458. The second-order valence-electron chi connectivity index (χ2n) is 8.94. The highest BCUT2D eigenvalue weighted by Gasteiger charge is 2.32. The number of rotatable bonds is 3. The van der Waals surface area contributed by atoms with Gasteiger partial charge in [0.1, 0.15) is 11.4 Å². The minimum atomic E-state index is -1.23. The molecule has 2 atom stereocenters. The third kappa shape index (κ3) is 5.10. The number of hydrogen-bond acceptors (Lipinski definition) is 5. The van der Waals surface area contributed by atoms with Crippen molar-refractivity contribution in [2.75, 3.05) is 32.8 Å². The number of carbonyl (C=O) groups is 1. The van der Waals surface area contributed by atoms with E-state index in [1.54, 1.807) is 4.90 Å². The zero-order chi connectivity index (χ0) is 22.0. The van der Waals surface area contributed by atoms with E-state index in [9.17, 15) is 9.00 Å². The number of ether oxygens (including phenoxy) is 2. The minimum Gasteiger partial charge on any atom is -0.493 e. The van der Waals surface area contributed by atoms with Crippen LogP contribution < -0.4 is 4.74 Å². The Morgan fingerprint density at radius 1 is 1.03 bits per heavy atom. The van der Waals surface area contributed by atoms with E-state index in [1.807, 2.05) is 63.2 Å². The number of piperazine rings is 1. The van der Waals surface area contributed by atoms with Crippen molar-refractivity contribution in [1.82, 2.24) is 9.80 Å². The van der Waals surface area contributed by atoms with Gasteiger partial charge in [-0.2, -0.15) is 0 Å². The van der Waals surface area contributed by atoms with Crippen LogP contribution in [-0.4, -0.2) is 58.5 Å². The fourth-order valence-corrected chi connectivity index (χ4v) is 5.15. The highest BCUT2D eigenvalue weighted by molar-refractivity contribution is 7.85. The first-order valence-corrected chi connectivity index (χ1v) is 11.9. The molecule has 0 N–H and O–H groups in total. The summed E-state index contributed by atoms with van der Waals surface area (Å²) in [5, 5.41) is 0. The zero-order valence-electron chi connectivity index (χ0n) is 18.4. The van der Waals surface area contributed by atoms with Gasteiger partial charge in [-0.25, -0.2) is 9.00 Å². The smallest absolute Gasteiger partial charge is 0.410 e. The van der Waals surface area contributed by atoms with E-state index in [1.165, 1.54) is 0 Å². The number of benzene rings is 2. The average Bonchev–Trinajstić information content (AvgIpc) is 2.77. The van der Waals surface area contributed by atoms with Gasteiger partial charge in [0.2, 0.25) is 0 Å². The van der Waals surface area contributed by atoms with Crippen LogP contribution in [0.3, 0.4) is 0 Å². The third-order valence-corrected chi connectivity index (χ3v) is 6.95. The molecule has 2 unspecified atom stereocenters. The SMILES string of the molecule is CC(C)(C)OC(=O)N1CCN(C2CCOc3cc(S(=O)c4ccccc4)ccc32)CC1. The zero-order valence-corrected chi connectivity index (χ0v) is 19.2. The fourth-order valence-electron chi connectivity index (χ4n) is 4.07. The summed E-state index contributed by atoms with van der Waals surface area (Å²) in [5.74, 6) is 0.813. The normalized spacial score (nSPS) is 20.5. The van der Waals surface area contributed by atoms with Crippen LogP contribution >= 0.6 is 0 Å². The molecule has 6 nitrogen and oxygen atoms in total. The lowest BCUT2D eigenvalue weighted by Gasteiger charge is -2.41. The lowest BCUT2D eigenvalue weighted by molar-refractivity contribution is 0.00777. The Kier molecular flexibility index (Phi) is 6.34. The van der Waals surface area contributed by atoms with Crippen LogP contribution in [0, 0.1) is 0 Å². The average molecular weight is 443 g/mol. The summed E-state index contributed by atoms with van der Waals surface area (Å²) in [7, 11) is -1.23. The molecule has 166 valence electrons. The van der Waals surface area contributed by atoms with Gasteiger partial charge in [-0.15, -0.1) is 0 Å². The van der Waals surface area contributed by atoms with E-state index in [2.05, 4.69) is 11.0 Å². The van der Waals surface area contributed by atoms with Crippen molar-refractivity contribution in [3.05, 3.63) is 54.1 Å². The predicted molar refractivity (Wildman–Crippen MR) is 120 cm³/mol. The molecule has 1 saturated heterocycles. The molecule has 0 saturated carbocycles. The molecule has 1 amide bonds. The van der Waals surface area contributed by atoms with Gasteiger partial charge in [0.05, 0.1) is 17.4 Å². The van der Waals surface area contributed by atoms with Gasteiger partial charge < -0.3 is 14.4 Å². The van der Waals surface area contributed by atoms with Gasteiger partial charge in [0.25, 0.3) is 0 Å². The molecule has 7 heteroatoms. The Morgan fingerprint density at radius 3 is 2.42 bits per heavy atom. The molecule has 2 aliphatic heterocycles. The maximum Gasteiger partial charge on any atom is 0.410 e. The second kappa shape index (κ2) is 9.01. The van der Waals surface area contributed by atoms with E-state index in [4.69, 9.17) is 9.47 Å². The summed E-state index contributed by atoms with van der Waals surface area (Å²) >= 11 is 0. The molecule has 0 aromatic heterocycles. The van der Waals surface area contributed by atoms with Crippen molar-refractivity contribution < 1.29 is 18.5 Å². The van der Waals surface area contributed by atoms with Crippen LogP contribution in [0.4, 0.5) is 4.79 Å². The summed E-state index contributed by atoms with van der Waals surface area (Å²) in [6, 6.07) is 15.6. The first-order valence-electron chi connectivity index (χ1n) is 10.8. The summed E-state index contributed by atoms with van der Waals surface area (Å²) < 4.78 is 24.4. The van der Waals surface area contributed by atoms with Gasteiger partial charge in [0, 0.05) is 54.0 Å². The highest BCUT2D eigenvalue weighted by atomic mass is 32.2. The van der Waals surface area contributed by atoms with Crippen molar-refractivity contribution in [3.8, 4) is 5.75 Å². The number of carbonyl (C=O) groups excluding carboxylic acids is 1. The molecular formula is C24H30N2O4S. The molecule has 1 fully saturated rings. The summed E-state index contributed by atoms with van der Waals surface area (Å²) in [6.45, 7) is 9.18. The summed E-state index contributed by atoms with van der Waals surface area (Å²) in [5.41, 5.74) is 0.650. The Balaban J connectivity index is 1.45. The number of nitrogens with zero attached hydrogens (tertiary/aromatic N) is 2. The maximum absolute atomic E-state index is 12.9. The molecule has 2 aromatic carbocycles. The number of amides is 1. The van der Waals surface area contributed by atoms with Gasteiger partial charge in [-0.1, -0.05) is 24.3 Å². The Morgan fingerprint density at radius 2 is 1.74 bits per heavy atom. The summed E-state index contributed by atoms with van der Waals surface area (Å²) in [4.78, 5) is 18.1. The molecule has 0 spiro atoms. The number of hydrogen-bond donors (Lipinski definition) is 0. The Hall–Kier alpha value is -2.38. The van der Waals surface area contributed by atoms with Crippen molar-refractivity contribution in [1.29, 1.82) is 0 Å². The van der Waals surface area contributed by atoms with Crippen molar-refractivity contribution in [2.45, 2.75) is 48.6 Å². The molecule has 0 bridgehead atoms. The second-order valence-corrected chi connectivity index (χ2v) is 10.4. The Bertz CT molecular complexity index is 950. The topological polar surface area (TPSA) is 59.1 Å².